The first-order valence-electron chi connectivity index (χ1n) is 16.3. The van der Waals surface area contributed by atoms with Gasteiger partial charge in [0.2, 0.25) is 0 Å². The minimum atomic E-state index is -1.50. The molecule has 0 spiro atoms. The normalized spacial score (nSPS) is 19.7. The zero-order valence-corrected chi connectivity index (χ0v) is 28.8. The molecule has 2 saturated carbocycles. The van der Waals surface area contributed by atoms with Crippen LogP contribution in [-0.4, -0.2) is 54.1 Å². The molecule has 1 aromatic carbocycles. The van der Waals surface area contributed by atoms with E-state index in [-0.39, 0.29) is 17.9 Å². The van der Waals surface area contributed by atoms with E-state index in [1.54, 1.807) is 0 Å². The first-order chi connectivity index (χ1) is 20.6. The van der Waals surface area contributed by atoms with Crippen LogP contribution in [0.1, 0.15) is 125 Å². The predicted octanol–water partition coefficient (Wildman–Crippen LogP) is 7.82. The van der Waals surface area contributed by atoms with Crippen molar-refractivity contribution in [3.63, 3.8) is 0 Å². The molecule has 5 rings (SSSR count). The smallest absolute Gasteiger partial charge is 0.308 e. The number of nitrogens with one attached hydrogen (secondary N) is 1. The van der Waals surface area contributed by atoms with Gasteiger partial charge in [0.1, 0.15) is 11.3 Å². The SMILES string of the molecule is CC.CC.CC.CC.CC(C)(O)O.CCOC(=O)C1CCC(n2cnc3c(NC4CC4c4ccccc4)nc(C)nc32)C1. The summed E-state index contributed by atoms with van der Waals surface area (Å²) in [4.78, 5) is 26.1. The topological polar surface area (TPSA) is 122 Å². The number of esters is 1. The second-order valence-electron chi connectivity index (χ2n) is 9.86. The van der Waals surface area contributed by atoms with Gasteiger partial charge >= 0.3 is 5.97 Å². The number of nitrogens with zero attached hydrogens (tertiary/aromatic N) is 4. The van der Waals surface area contributed by atoms with Gasteiger partial charge in [-0.3, -0.25) is 4.79 Å². The monoisotopic (exact) mass is 601 g/mol. The maximum absolute atomic E-state index is 12.1. The van der Waals surface area contributed by atoms with Crippen LogP contribution in [0.2, 0.25) is 0 Å². The number of aliphatic hydroxyl groups is 2. The Balaban J connectivity index is 0.00000118. The lowest BCUT2D eigenvalue weighted by Gasteiger charge is -2.14. The highest BCUT2D eigenvalue weighted by Gasteiger charge is 2.39. The van der Waals surface area contributed by atoms with Gasteiger partial charge in [-0.25, -0.2) is 15.0 Å². The lowest BCUT2D eigenvalue weighted by atomic mass is 10.1. The van der Waals surface area contributed by atoms with Gasteiger partial charge < -0.3 is 24.8 Å². The molecule has 2 aliphatic carbocycles. The van der Waals surface area contributed by atoms with Crippen molar-refractivity contribution in [3.8, 4) is 0 Å². The molecule has 4 atom stereocenters. The van der Waals surface area contributed by atoms with E-state index in [2.05, 4.69) is 49.1 Å². The molecule has 0 saturated heterocycles. The molecule has 244 valence electrons. The number of benzene rings is 1. The van der Waals surface area contributed by atoms with E-state index in [4.69, 9.17) is 14.9 Å². The maximum atomic E-state index is 12.1. The van der Waals surface area contributed by atoms with Gasteiger partial charge in [0, 0.05) is 18.0 Å². The van der Waals surface area contributed by atoms with Crippen LogP contribution in [0.4, 0.5) is 5.82 Å². The van der Waals surface area contributed by atoms with E-state index in [1.807, 2.05) is 81.6 Å². The summed E-state index contributed by atoms with van der Waals surface area (Å²) in [5.41, 5.74) is 3.01. The van der Waals surface area contributed by atoms with Crippen LogP contribution in [0.3, 0.4) is 0 Å². The zero-order chi connectivity index (χ0) is 33.2. The maximum Gasteiger partial charge on any atom is 0.308 e. The van der Waals surface area contributed by atoms with Gasteiger partial charge in [-0.15, -0.1) is 0 Å². The standard InChI is InChI=1S/C23H27N5O2.C3H8O2.4C2H6/c1-3-30-23(29)16-9-10-17(11-16)28-13-24-20-21(25-14(2)26-22(20)28)27-19-12-18(19)15-7-5-4-6-8-15;1-3(2,4)5;4*1-2/h4-8,13,16-19H,3,9-12H2,1-2H3,(H,25,26,27);4-5H,1-2H3;4*1-2H3. The Kier molecular flexibility index (Phi) is 19.3. The summed E-state index contributed by atoms with van der Waals surface area (Å²) in [5.74, 6) is 0.422. The van der Waals surface area contributed by atoms with E-state index in [1.165, 1.54) is 19.4 Å². The minimum Gasteiger partial charge on any atom is -0.466 e. The number of hydrogen-bond acceptors (Lipinski definition) is 8. The number of carbonyl (C=O) groups excluding carboxylic acids is 1. The lowest BCUT2D eigenvalue weighted by molar-refractivity contribution is -0.147. The predicted molar refractivity (Wildman–Crippen MR) is 178 cm³/mol. The quantitative estimate of drug-likeness (QED) is 0.193. The summed E-state index contributed by atoms with van der Waals surface area (Å²) >= 11 is 0. The minimum absolute atomic E-state index is 0.0361. The number of carbonyl (C=O) groups is 1. The summed E-state index contributed by atoms with van der Waals surface area (Å²) in [7, 11) is 0. The number of fused-ring (bicyclic) bond motifs is 1. The molecule has 43 heavy (non-hydrogen) atoms. The molecule has 0 amide bonds. The number of ether oxygens (including phenoxy) is 1. The van der Waals surface area contributed by atoms with Crippen molar-refractivity contribution in [2.45, 2.75) is 133 Å². The van der Waals surface area contributed by atoms with Crippen molar-refractivity contribution >= 4 is 23.0 Å². The van der Waals surface area contributed by atoms with Crippen LogP contribution in [-0.2, 0) is 9.53 Å². The number of imidazole rings is 1. The summed E-state index contributed by atoms with van der Waals surface area (Å²) in [6.07, 6.45) is 5.50. The number of aryl methyl sites for hydroxylation is 1. The van der Waals surface area contributed by atoms with Crippen molar-refractivity contribution in [1.29, 1.82) is 0 Å². The van der Waals surface area contributed by atoms with Crippen LogP contribution in [0, 0.1) is 12.8 Å². The Morgan fingerprint density at radius 1 is 0.977 bits per heavy atom. The molecular formula is C34H59N5O4. The van der Waals surface area contributed by atoms with Gasteiger partial charge in [-0.1, -0.05) is 85.7 Å². The first kappa shape index (κ1) is 40.0. The molecule has 4 unspecified atom stereocenters. The van der Waals surface area contributed by atoms with Gasteiger partial charge in [0.15, 0.2) is 17.3 Å². The van der Waals surface area contributed by atoms with Crippen molar-refractivity contribution in [3.05, 3.63) is 48.0 Å². The Morgan fingerprint density at radius 3 is 2.12 bits per heavy atom. The Hall–Kier alpha value is -3.04. The average molecular weight is 602 g/mol. The molecule has 3 N–H and O–H groups in total. The fraction of sp³-hybridized carbons (Fsp3) is 0.647. The van der Waals surface area contributed by atoms with Gasteiger partial charge in [0.05, 0.1) is 18.9 Å². The van der Waals surface area contributed by atoms with Gasteiger partial charge in [-0.2, -0.15) is 0 Å². The molecule has 9 nitrogen and oxygen atoms in total. The Labute approximate surface area is 260 Å². The number of hydrogen-bond donors (Lipinski definition) is 3. The van der Waals surface area contributed by atoms with Crippen molar-refractivity contribution in [2.75, 3.05) is 11.9 Å². The molecule has 2 fully saturated rings. The average Bonchev–Trinajstić information content (AvgIpc) is 3.38. The van der Waals surface area contributed by atoms with Crippen LogP contribution in [0.5, 0.6) is 0 Å². The van der Waals surface area contributed by atoms with Crippen molar-refractivity contribution in [2.24, 2.45) is 5.92 Å². The van der Waals surface area contributed by atoms with Crippen LogP contribution >= 0.6 is 0 Å². The van der Waals surface area contributed by atoms with E-state index in [0.717, 1.165) is 48.5 Å². The highest BCUT2D eigenvalue weighted by Crippen LogP contribution is 2.43. The first-order valence-corrected chi connectivity index (χ1v) is 16.3. The van der Waals surface area contributed by atoms with Crippen LogP contribution in [0.15, 0.2) is 36.7 Å². The van der Waals surface area contributed by atoms with Crippen LogP contribution < -0.4 is 5.32 Å². The Bertz CT molecular complexity index is 1150. The second-order valence-corrected chi connectivity index (χ2v) is 9.86. The second kappa shape index (κ2) is 20.8. The number of anilines is 1. The molecule has 2 heterocycles. The largest absolute Gasteiger partial charge is 0.466 e. The van der Waals surface area contributed by atoms with Gasteiger partial charge in [0.25, 0.3) is 0 Å². The van der Waals surface area contributed by atoms with E-state index in [9.17, 15) is 4.79 Å². The summed E-state index contributed by atoms with van der Waals surface area (Å²) in [6, 6.07) is 11.2. The Morgan fingerprint density at radius 2 is 1.56 bits per heavy atom. The van der Waals surface area contributed by atoms with E-state index < -0.39 is 5.79 Å². The molecule has 3 aromatic rings. The lowest BCUT2D eigenvalue weighted by Crippen LogP contribution is -2.15. The fourth-order valence-corrected chi connectivity index (χ4v) is 4.68. The number of rotatable bonds is 6. The summed E-state index contributed by atoms with van der Waals surface area (Å²) in [5, 5.41) is 19.7. The summed E-state index contributed by atoms with van der Waals surface area (Å²) in [6.45, 7) is 22.8. The third-order valence-corrected chi connectivity index (χ3v) is 6.29. The molecule has 2 aliphatic rings. The van der Waals surface area contributed by atoms with Crippen LogP contribution in [0.25, 0.3) is 11.2 Å². The summed E-state index contributed by atoms with van der Waals surface area (Å²) < 4.78 is 7.34. The molecule has 0 radical (unpaired) electrons. The van der Waals surface area contributed by atoms with E-state index >= 15 is 0 Å². The highest BCUT2D eigenvalue weighted by atomic mass is 16.5. The fourth-order valence-electron chi connectivity index (χ4n) is 4.68. The van der Waals surface area contributed by atoms with Crippen molar-refractivity contribution in [1.82, 2.24) is 19.5 Å². The van der Waals surface area contributed by atoms with E-state index in [0.29, 0.717) is 18.6 Å². The van der Waals surface area contributed by atoms with Crippen molar-refractivity contribution < 1.29 is 19.7 Å². The molecule has 9 heteroatoms. The number of aromatic nitrogens is 4. The van der Waals surface area contributed by atoms with Gasteiger partial charge in [-0.05, 0) is 58.9 Å². The molecule has 0 bridgehead atoms. The third-order valence-electron chi connectivity index (χ3n) is 6.29. The zero-order valence-electron chi connectivity index (χ0n) is 28.8. The highest BCUT2D eigenvalue weighted by molar-refractivity contribution is 5.83. The molecule has 0 aliphatic heterocycles. The molecular weight excluding hydrogens is 542 g/mol. The molecule has 2 aromatic heterocycles. The third kappa shape index (κ3) is 13.0.